The molecule has 2 aliphatic rings. The molecule has 2 fully saturated rings. The van der Waals surface area contributed by atoms with Crippen LogP contribution in [0.4, 0.5) is 5.82 Å². The van der Waals surface area contributed by atoms with E-state index in [-0.39, 0.29) is 11.7 Å². The maximum absolute atomic E-state index is 10.0. The number of benzene rings is 1. The maximum Gasteiger partial charge on any atom is 0.243 e. The first-order valence-corrected chi connectivity index (χ1v) is 13.3. The second kappa shape index (κ2) is 16.5. The van der Waals surface area contributed by atoms with Gasteiger partial charge in [0.25, 0.3) is 0 Å². The number of carbonyl (C=O) groups is 1. The Balaban J connectivity index is 0.000000348. The largest absolute Gasteiger partial charge is 0.507 e. The molecule has 0 bridgehead atoms. The van der Waals surface area contributed by atoms with Crippen molar-refractivity contribution in [1.29, 1.82) is 0 Å². The van der Waals surface area contributed by atoms with E-state index in [2.05, 4.69) is 40.7 Å². The minimum absolute atomic E-state index is 0.144. The molecular weight excluding hydrogens is 480 g/mol. The molecule has 0 saturated carbocycles. The average molecular weight is 527 g/mol. The van der Waals surface area contributed by atoms with Crippen molar-refractivity contribution in [3.63, 3.8) is 0 Å². The highest BCUT2D eigenvalue weighted by atomic mass is 16.5. The molecule has 0 spiro atoms. The number of aromatic nitrogens is 1. The molecule has 9 nitrogen and oxygen atoms in total. The van der Waals surface area contributed by atoms with E-state index in [1.54, 1.807) is 25.2 Å². The summed E-state index contributed by atoms with van der Waals surface area (Å²) in [5, 5.41) is 12.4. The Morgan fingerprint density at radius 1 is 1.21 bits per heavy atom. The molecule has 7 N–H and O–H groups in total. The van der Waals surface area contributed by atoms with E-state index in [4.69, 9.17) is 16.2 Å². The van der Waals surface area contributed by atoms with Crippen LogP contribution in [0.2, 0.25) is 0 Å². The monoisotopic (exact) mass is 526 g/mol. The summed E-state index contributed by atoms with van der Waals surface area (Å²) in [5.74, 6) is 0.955. The van der Waals surface area contributed by atoms with Crippen molar-refractivity contribution in [3.05, 3.63) is 59.8 Å². The summed E-state index contributed by atoms with van der Waals surface area (Å²) in [6.45, 7) is 12.8. The van der Waals surface area contributed by atoms with Crippen molar-refractivity contribution >= 4 is 23.5 Å². The van der Waals surface area contributed by atoms with E-state index in [1.165, 1.54) is 25.3 Å². The molecular formula is C29H46N6O3. The number of hydrogen-bond acceptors (Lipinski definition) is 7. The lowest BCUT2D eigenvalue weighted by Crippen LogP contribution is -2.45. The number of para-hydroxylation sites is 1. The zero-order chi connectivity index (χ0) is 27.9. The number of nitrogens with zero attached hydrogens (tertiary/aromatic N) is 2. The van der Waals surface area contributed by atoms with E-state index >= 15 is 0 Å². The third kappa shape index (κ3) is 10.2. The van der Waals surface area contributed by atoms with Crippen molar-refractivity contribution in [2.24, 2.45) is 5.73 Å². The molecule has 2 saturated heterocycles. The number of H-pyrrole nitrogens is 1. The highest BCUT2D eigenvalue weighted by Crippen LogP contribution is 2.30. The Labute approximate surface area is 227 Å². The highest BCUT2D eigenvalue weighted by Gasteiger charge is 2.20. The SMILES string of the molecule is C1CCOCC1.C=CC(=O)NC.CC(CN1CCN(C)CC1)c1c[nH]c(N)c1/C=C(\N)c1ccccc1O. The zero-order valence-electron chi connectivity index (χ0n) is 23.2. The molecule has 1 atom stereocenters. The maximum atomic E-state index is 10.0. The van der Waals surface area contributed by atoms with E-state index in [9.17, 15) is 9.90 Å². The van der Waals surface area contributed by atoms with Crippen LogP contribution in [-0.2, 0) is 9.53 Å². The van der Waals surface area contributed by atoms with Crippen molar-refractivity contribution in [2.45, 2.75) is 32.1 Å². The zero-order valence-corrected chi connectivity index (χ0v) is 23.2. The lowest BCUT2D eigenvalue weighted by atomic mass is 9.97. The number of nitrogens with one attached hydrogen (secondary N) is 2. The highest BCUT2D eigenvalue weighted by molar-refractivity contribution is 5.86. The number of amides is 1. The quantitative estimate of drug-likeness (QED) is 0.365. The number of anilines is 1. The first kappa shape index (κ1) is 31.0. The Morgan fingerprint density at radius 3 is 2.37 bits per heavy atom. The Kier molecular flexibility index (Phi) is 13.5. The van der Waals surface area contributed by atoms with Crippen LogP contribution in [0.3, 0.4) is 0 Å². The topological polar surface area (TPSA) is 133 Å². The van der Waals surface area contributed by atoms with Gasteiger partial charge in [-0.25, -0.2) is 0 Å². The second-order valence-electron chi connectivity index (χ2n) is 9.68. The summed E-state index contributed by atoms with van der Waals surface area (Å²) < 4.78 is 5.07. The van der Waals surface area contributed by atoms with Crippen molar-refractivity contribution in [2.75, 3.05) is 65.8 Å². The first-order chi connectivity index (χ1) is 18.3. The smallest absolute Gasteiger partial charge is 0.243 e. The summed E-state index contributed by atoms with van der Waals surface area (Å²) >= 11 is 0. The first-order valence-electron chi connectivity index (χ1n) is 13.3. The molecule has 9 heteroatoms. The van der Waals surface area contributed by atoms with Gasteiger partial charge in [0.15, 0.2) is 0 Å². The Morgan fingerprint density at radius 2 is 1.87 bits per heavy atom. The van der Waals surface area contributed by atoms with Gasteiger partial charge in [0.1, 0.15) is 11.6 Å². The molecule has 1 aromatic heterocycles. The number of ether oxygens (including phenoxy) is 1. The molecule has 2 aliphatic heterocycles. The average Bonchev–Trinajstić information content (AvgIpc) is 3.31. The molecule has 4 rings (SSSR count). The van der Waals surface area contributed by atoms with Gasteiger partial charge >= 0.3 is 0 Å². The summed E-state index contributed by atoms with van der Waals surface area (Å²) in [5.41, 5.74) is 15.6. The number of likely N-dealkylation sites (N-methyl/N-ethyl adjacent to an activating group) is 2. The van der Waals surface area contributed by atoms with Gasteiger partial charge < -0.3 is 41.4 Å². The van der Waals surface area contributed by atoms with Gasteiger partial charge in [0.2, 0.25) is 5.91 Å². The van der Waals surface area contributed by atoms with Crippen LogP contribution in [0.15, 0.2) is 43.1 Å². The number of phenolic OH excluding ortho intramolecular Hbond substituents is 1. The number of aromatic amines is 1. The van der Waals surface area contributed by atoms with Gasteiger partial charge in [0, 0.05) is 76.0 Å². The molecule has 1 aromatic carbocycles. The van der Waals surface area contributed by atoms with Gasteiger partial charge in [-0.2, -0.15) is 0 Å². The van der Waals surface area contributed by atoms with Crippen LogP contribution in [-0.4, -0.2) is 85.8 Å². The van der Waals surface area contributed by atoms with Crippen molar-refractivity contribution in [3.8, 4) is 5.75 Å². The number of rotatable bonds is 6. The standard InChI is InChI=1S/C20H29N5O.C5H10O.C4H7NO/c1-14(13-25-9-7-24(2)8-10-25)17-12-23-20(22)16(17)11-18(21)15-5-3-4-6-19(15)26;1-2-4-6-5-3-1;1-3-4(6)5-2/h3-6,11-12,14,23,26H,7-10,13,21-22H2,1-2H3;1-5H2;3H,1H2,2H3,(H,5,6)/b18-11-;;. The van der Waals surface area contributed by atoms with E-state index in [0.29, 0.717) is 23.0 Å². The van der Waals surface area contributed by atoms with Gasteiger partial charge in [-0.1, -0.05) is 25.6 Å². The second-order valence-corrected chi connectivity index (χ2v) is 9.68. The summed E-state index contributed by atoms with van der Waals surface area (Å²) in [4.78, 5) is 17.9. The molecule has 0 aliphatic carbocycles. The van der Waals surface area contributed by atoms with Crippen molar-refractivity contribution < 1.29 is 14.6 Å². The molecule has 210 valence electrons. The Hall–Kier alpha value is -3.27. The predicted molar refractivity (Wildman–Crippen MR) is 157 cm³/mol. The fraction of sp³-hybridized carbons (Fsp3) is 0.483. The van der Waals surface area contributed by atoms with E-state index < -0.39 is 0 Å². The fourth-order valence-electron chi connectivity index (χ4n) is 4.29. The number of nitrogen functional groups attached to an aromatic ring is 1. The summed E-state index contributed by atoms with van der Waals surface area (Å²) in [7, 11) is 3.72. The van der Waals surface area contributed by atoms with Crippen LogP contribution in [0.1, 0.15) is 48.8 Å². The van der Waals surface area contributed by atoms with E-state index in [1.807, 2.05) is 18.3 Å². The van der Waals surface area contributed by atoms with Crippen LogP contribution < -0.4 is 16.8 Å². The van der Waals surface area contributed by atoms with Gasteiger partial charge in [-0.05, 0) is 62.1 Å². The van der Waals surface area contributed by atoms with Gasteiger partial charge in [-0.15, -0.1) is 0 Å². The normalized spacial score (nSPS) is 17.3. The number of phenols is 1. The number of piperazine rings is 1. The molecule has 0 radical (unpaired) electrons. The van der Waals surface area contributed by atoms with Crippen LogP contribution >= 0.6 is 0 Å². The third-order valence-corrected chi connectivity index (χ3v) is 6.67. The number of hydrogen-bond donors (Lipinski definition) is 5. The van der Waals surface area contributed by atoms with Crippen LogP contribution in [0.25, 0.3) is 11.8 Å². The third-order valence-electron chi connectivity index (χ3n) is 6.67. The van der Waals surface area contributed by atoms with Gasteiger partial charge in [0.05, 0.1) is 0 Å². The number of aromatic hydroxyl groups is 1. The number of carbonyl (C=O) groups excluding carboxylic acids is 1. The summed E-state index contributed by atoms with van der Waals surface area (Å²) in [6, 6.07) is 7.07. The van der Waals surface area contributed by atoms with Crippen molar-refractivity contribution in [1.82, 2.24) is 20.1 Å². The van der Waals surface area contributed by atoms with E-state index in [0.717, 1.165) is 57.1 Å². The van der Waals surface area contributed by atoms with Crippen LogP contribution in [0, 0.1) is 0 Å². The number of nitrogens with two attached hydrogens (primary N) is 2. The lowest BCUT2D eigenvalue weighted by Gasteiger charge is -2.34. The molecule has 2 aromatic rings. The van der Waals surface area contributed by atoms with Crippen LogP contribution in [0.5, 0.6) is 5.75 Å². The fourth-order valence-corrected chi connectivity index (χ4v) is 4.29. The lowest BCUT2D eigenvalue weighted by molar-refractivity contribution is -0.116. The minimum Gasteiger partial charge on any atom is -0.507 e. The Bertz CT molecular complexity index is 1010. The van der Waals surface area contributed by atoms with Gasteiger partial charge in [-0.3, -0.25) is 4.79 Å². The molecule has 1 amide bonds. The predicted octanol–water partition coefficient (Wildman–Crippen LogP) is 3.22. The minimum atomic E-state index is -0.144. The molecule has 1 unspecified atom stereocenters. The molecule has 3 heterocycles. The molecule has 38 heavy (non-hydrogen) atoms. The summed E-state index contributed by atoms with van der Waals surface area (Å²) in [6.07, 6.45) is 8.98.